The Morgan fingerprint density at radius 1 is 1.20 bits per heavy atom. The highest BCUT2D eigenvalue weighted by molar-refractivity contribution is 5.18. The molecular weight excluding hydrogens is 196 g/mol. The third kappa shape index (κ3) is 3.96. The largest absolute Gasteiger partial charge is 0.330 e. The molecule has 0 spiro atoms. The first kappa shape index (κ1) is 12.1. The van der Waals surface area contributed by atoms with Crippen molar-refractivity contribution in [3.05, 3.63) is 35.4 Å². The van der Waals surface area contributed by atoms with Crippen molar-refractivity contribution in [1.82, 2.24) is 0 Å². The van der Waals surface area contributed by atoms with Crippen molar-refractivity contribution in [3.8, 4) is 0 Å². The SMILES string of the molecule is CCCC(CN)Cc1cc(F)cc(F)c1. The Kier molecular flexibility index (Phi) is 4.69. The zero-order valence-electron chi connectivity index (χ0n) is 8.97. The Hall–Kier alpha value is -0.960. The predicted octanol–water partition coefficient (Wildman–Crippen LogP) is 2.88. The van der Waals surface area contributed by atoms with Crippen LogP contribution in [0.2, 0.25) is 0 Å². The maximum absolute atomic E-state index is 12.9. The molecule has 0 aromatic heterocycles. The van der Waals surface area contributed by atoms with Gasteiger partial charge in [0, 0.05) is 6.07 Å². The Morgan fingerprint density at radius 2 is 1.80 bits per heavy atom. The summed E-state index contributed by atoms with van der Waals surface area (Å²) in [5, 5.41) is 0. The van der Waals surface area contributed by atoms with Crippen LogP contribution in [-0.2, 0) is 6.42 Å². The highest BCUT2D eigenvalue weighted by Gasteiger charge is 2.08. The van der Waals surface area contributed by atoms with E-state index in [1.807, 2.05) is 0 Å². The van der Waals surface area contributed by atoms with E-state index in [0.29, 0.717) is 24.4 Å². The summed E-state index contributed by atoms with van der Waals surface area (Å²) in [6.07, 6.45) is 2.69. The molecule has 0 heterocycles. The standard InChI is InChI=1S/C12H17F2N/c1-2-3-9(8-15)4-10-5-11(13)7-12(14)6-10/h5-7,9H,2-4,8,15H2,1H3. The fourth-order valence-corrected chi connectivity index (χ4v) is 1.77. The van der Waals surface area contributed by atoms with Crippen molar-refractivity contribution in [2.24, 2.45) is 11.7 Å². The van der Waals surface area contributed by atoms with Crippen molar-refractivity contribution < 1.29 is 8.78 Å². The zero-order chi connectivity index (χ0) is 11.3. The fraction of sp³-hybridized carbons (Fsp3) is 0.500. The highest BCUT2D eigenvalue weighted by atomic mass is 19.1. The van der Waals surface area contributed by atoms with Gasteiger partial charge >= 0.3 is 0 Å². The Morgan fingerprint density at radius 3 is 2.27 bits per heavy atom. The molecule has 0 amide bonds. The molecule has 0 saturated heterocycles. The lowest BCUT2D eigenvalue weighted by atomic mass is 9.95. The smallest absolute Gasteiger partial charge is 0.126 e. The Balaban J connectivity index is 2.69. The van der Waals surface area contributed by atoms with Crippen LogP contribution in [0.3, 0.4) is 0 Å². The molecule has 0 fully saturated rings. The molecule has 1 unspecified atom stereocenters. The first-order chi connectivity index (χ1) is 7.15. The van der Waals surface area contributed by atoms with E-state index in [0.717, 1.165) is 18.9 Å². The summed E-state index contributed by atoms with van der Waals surface area (Å²) in [7, 11) is 0. The van der Waals surface area contributed by atoms with Gasteiger partial charge in [-0.1, -0.05) is 13.3 Å². The van der Waals surface area contributed by atoms with Gasteiger partial charge in [0.05, 0.1) is 0 Å². The first-order valence-electron chi connectivity index (χ1n) is 5.30. The van der Waals surface area contributed by atoms with Crippen LogP contribution in [0.15, 0.2) is 18.2 Å². The van der Waals surface area contributed by atoms with Crippen molar-refractivity contribution >= 4 is 0 Å². The molecule has 1 aromatic rings. The monoisotopic (exact) mass is 213 g/mol. The Bertz CT molecular complexity index is 292. The molecule has 1 rings (SSSR count). The van der Waals surface area contributed by atoms with Gasteiger partial charge in [-0.15, -0.1) is 0 Å². The van der Waals surface area contributed by atoms with Gasteiger partial charge in [-0.2, -0.15) is 0 Å². The van der Waals surface area contributed by atoms with Gasteiger partial charge in [-0.3, -0.25) is 0 Å². The summed E-state index contributed by atoms with van der Waals surface area (Å²) in [5.74, 6) is -0.717. The first-order valence-corrected chi connectivity index (χ1v) is 5.30. The van der Waals surface area contributed by atoms with Gasteiger partial charge in [0.15, 0.2) is 0 Å². The van der Waals surface area contributed by atoms with Crippen LogP contribution in [0.1, 0.15) is 25.3 Å². The van der Waals surface area contributed by atoms with E-state index < -0.39 is 11.6 Å². The van der Waals surface area contributed by atoms with Gasteiger partial charge in [-0.05, 0) is 43.0 Å². The van der Waals surface area contributed by atoms with E-state index in [9.17, 15) is 8.78 Å². The second-order valence-electron chi connectivity index (χ2n) is 3.87. The molecule has 0 radical (unpaired) electrons. The summed E-state index contributed by atoms with van der Waals surface area (Å²) in [6.45, 7) is 2.64. The molecule has 15 heavy (non-hydrogen) atoms. The number of halogens is 2. The molecule has 1 nitrogen and oxygen atoms in total. The average molecular weight is 213 g/mol. The molecule has 0 saturated carbocycles. The van der Waals surface area contributed by atoms with E-state index in [4.69, 9.17) is 5.73 Å². The lowest BCUT2D eigenvalue weighted by Gasteiger charge is -2.13. The maximum Gasteiger partial charge on any atom is 0.126 e. The molecule has 0 aliphatic rings. The molecule has 0 bridgehead atoms. The summed E-state index contributed by atoms with van der Waals surface area (Å²) in [5.41, 5.74) is 6.29. The molecule has 2 N–H and O–H groups in total. The van der Waals surface area contributed by atoms with Crippen molar-refractivity contribution in [2.45, 2.75) is 26.2 Å². The average Bonchev–Trinajstić information content (AvgIpc) is 2.15. The number of hydrogen-bond donors (Lipinski definition) is 1. The van der Waals surface area contributed by atoms with Gasteiger partial charge in [0.25, 0.3) is 0 Å². The van der Waals surface area contributed by atoms with E-state index in [1.165, 1.54) is 12.1 Å². The molecule has 1 aromatic carbocycles. The lowest BCUT2D eigenvalue weighted by Crippen LogP contribution is -2.16. The van der Waals surface area contributed by atoms with Crippen LogP contribution in [-0.4, -0.2) is 6.54 Å². The van der Waals surface area contributed by atoms with Crippen LogP contribution in [0, 0.1) is 17.6 Å². The summed E-state index contributed by atoms with van der Waals surface area (Å²) < 4.78 is 25.8. The minimum absolute atomic E-state index is 0.316. The molecule has 0 aliphatic carbocycles. The molecule has 1 atom stereocenters. The molecule has 0 aliphatic heterocycles. The van der Waals surface area contributed by atoms with Crippen LogP contribution >= 0.6 is 0 Å². The van der Waals surface area contributed by atoms with E-state index in [2.05, 4.69) is 6.92 Å². The van der Waals surface area contributed by atoms with Gasteiger partial charge in [0.1, 0.15) is 11.6 Å². The molecular formula is C12H17F2N. The lowest BCUT2D eigenvalue weighted by molar-refractivity contribution is 0.483. The van der Waals surface area contributed by atoms with Crippen LogP contribution in [0.4, 0.5) is 8.78 Å². The highest BCUT2D eigenvalue weighted by Crippen LogP contribution is 2.15. The summed E-state index contributed by atoms with van der Waals surface area (Å²) in [4.78, 5) is 0. The van der Waals surface area contributed by atoms with E-state index in [-0.39, 0.29) is 0 Å². The number of nitrogens with two attached hydrogens (primary N) is 1. The molecule has 84 valence electrons. The summed E-state index contributed by atoms with van der Waals surface area (Å²) >= 11 is 0. The zero-order valence-corrected chi connectivity index (χ0v) is 8.97. The number of hydrogen-bond acceptors (Lipinski definition) is 1. The Labute approximate surface area is 89.3 Å². The van der Waals surface area contributed by atoms with E-state index >= 15 is 0 Å². The van der Waals surface area contributed by atoms with Crippen molar-refractivity contribution in [3.63, 3.8) is 0 Å². The predicted molar refractivity (Wildman–Crippen MR) is 57.5 cm³/mol. The third-order valence-electron chi connectivity index (χ3n) is 2.48. The third-order valence-corrected chi connectivity index (χ3v) is 2.48. The molecule has 3 heteroatoms. The summed E-state index contributed by atoms with van der Waals surface area (Å²) in [6, 6.07) is 3.64. The normalized spacial score (nSPS) is 12.8. The van der Waals surface area contributed by atoms with Crippen LogP contribution in [0.5, 0.6) is 0 Å². The van der Waals surface area contributed by atoms with Crippen molar-refractivity contribution in [2.75, 3.05) is 6.54 Å². The minimum Gasteiger partial charge on any atom is -0.330 e. The van der Waals surface area contributed by atoms with Crippen LogP contribution < -0.4 is 5.73 Å². The second kappa shape index (κ2) is 5.81. The minimum atomic E-state index is -0.516. The van der Waals surface area contributed by atoms with Crippen molar-refractivity contribution in [1.29, 1.82) is 0 Å². The van der Waals surface area contributed by atoms with Gasteiger partial charge in [0.2, 0.25) is 0 Å². The maximum atomic E-state index is 12.9. The van der Waals surface area contributed by atoms with Gasteiger partial charge in [-0.25, -0.2) is 8.78 Å². The topological polar surface area (TPSA) is 26.0 Å². The number of rotatable bonds is 5. The van der Waals surface area contributed by atoms with E-state index in [1.54, 1.807) is 0 Å². The quantitative estimate of drug-likeness (QED) is 0.799. The van der Waals surface area contributed by atoms with Gasteiger partial charge < -0.3 is 5.73 Å². The second-order valence-corrected chi connectivity index (χ2v) is 3.87. The number of benzene rings is 1. The fourth-order valence-electron chi connectivity index (χ4n) is 1.77. The van der Waals surface area contributed by atoms with Crippen LogP contribution in [0.25, 0.3) is 0 Å².